The molecule has 0 saturated carbocycles. The maximum Gasteiger partial charge on any atom is 0.263 e. The summed E-state index contributed by atoms with van der Waals surface area (Å²) in [4.78, 5) is 4.75. The highest BCUT2D eigenvalue weighted by Gasteiger charge is 2.33. The van der Waals surface area contributed by atoms with Gasteiger partial charge in [0.15, 0.2) is 10.8 Å². The van der Waals surface area contributed by atoms with Crippen molar-refractivity contribution in [3.8, 4) is 0 Å². The van der Waals surface area contributed by atoms with E-state index in [0.29, 0.717) is 11.6 Å². The van der Waals surface area contributed by atoms with Crippen LogP contribution in [0.3, 0.4) is 0 Å². The minimum atomic E-state index is -3.75. The zero-order chi connectivity index (χ0) is 15.6. The van der Waals surface area contributed by atoms with Crippen LogP contribution in [0.15, 0.2) is 16.6 Å². The summed E-state index contributed by atoms with van der Waals surface area (Å²) in [7, 11) is -2.21. The van der Waals surface area contributed by atoms with E-state index in [2.05, 4.69) is 10.4 Å². The van der Waals surface area contributed by atoms with E-state index in [1.807, 2.05) is 13.8 Å². The van der Waals surface area contributed by atoms with Gasteiger partial charge in [-0.2, -0.15) is 9.29 Å². The Kier molecular flexibility index (Phi) is 4.84. The highest BCUT2D eigenvalue weighted by atomic mass is 32.2. The molecule has 0 aliphatic rings. The Morgan fingerprint density at radius 1 is 1.57 bits per heavy atom. The van der Waals surface area contributed by atoms with E-state index in [1.165, 1.54) is 27.2 Å². The number of nitrogens with two attached hydrogens (primary N) is 1. The van der Waals surface area contributed by atoms with Crippen molar-refractivity contribution < 1.29 is 13.2 Å². The molecule has 21 heavy (non-hydrogen) atoms. The molecule has 118 valence electrons. The molecule has 2 aromatic heterocycles. The first-order chi connectivity index (χ1) is 9.93. The highest BCUT2D eigenvalue weighted by Crippen LogP contribution is 2.28. The summed E-state index contributed by atoms with van der Waals surface area (Å²) in [5.74, 6) is 5.56. The average Bonchev–Trinajstić information content (AvgIpc) is 2.97. The number of aromatic nitrogens is 2. The molecular formula is C11H19N5O3S2. The number of hydrogen-bond donors (Lipinski definition) is 2. The molecule has 8 nitrogen and oxygen atoms in total. The molecule has 0 aromatic carbocycles. The van der Waals surface area contributed by atoms with Crippen LogP contribution in [-0.4, -0.2) is 48.4 Å². The third-order valence-corrected chi connectivity index (χ3v) is 5.86. The predicted molar refractivity (Wildman–Crippen MR) is 81.8 cm³/mol. The minimum absolute atomic E-state index is 0.0473. The van der Waals surface area contributed by atoms with E-state index in [1.54, 1.807) is 11.6 Å². The summed E-state index contributed by atoms with van der Waals surface area (Å²) in [5, 5.41) is 1.82. The molecule has 10 heteroatoms. The molecular weight excluding hydrogens is 314 g/mol. The maximum atomic E-state index is 13.0. The predicted octanol–water partition coefficient (Wildman–Crippen LogP) is 0.727. The molecule has 2 aromatic rings. The lowest BCUT2D eigenvalue weighted by Gasteiger charge is -2.25. The summed E-state index contributed by atoms with van der Waals surface area (Å²) in [6.07, 6.45) is 1.66. The first-order valence-electron chi connectivity index (χ1n) is 6.36. The van der Waals surface area contributed by atoms with Gasteiger partial charge in [0, 0.05) is 31.3 Å². The number of nitrogens with zero attached hydrogens (tertiary/aromatic N) is 3. The number of thiazole rings is 1. The van der Waals surface area contributed by atoms with Gasteiger partial charge >= 0.3 is 0 Å². The smallest absolute Gasteiger partial charge is 0.263 e. The second kappa shape index (κ2) is 6.28. The van der Waals surface area contributed by atoms with Gasteiger partial charge < -0.3 is 10.2 Å². The Morgan fingerprint density at radius 2 is 2.29 bits per heavy atom. The van der Waals surface area contributed by atoms with Crippen molar-refractivity contribution in [3.05, 3.63) is 11.6 Å². The number of methoxy groups -OCH3 is 1. The average molecular weight is 333 g/mol. The fourth-order valence-electron chi connectivity index (χ4n) is 2.05. The number of sulfonamides is 1. The van der Waals surface area contributed by atoms with Crippen molar-refractivity contribution in [1.82, 2.24) is 13.7 Å². The normalized spacial score (nSPS) is 12.7. The molecule has 0 saturated heterocycles. The van der Waals surface area contributed by atoms with E-state index in [9.17, 15) is 8.42 Å². The summed E-state index contributed by atoms with van der Waals surface area (Å²) in [6.45, 7) is 4.20. The van der Waals surface area contributed by atoms with Crippen LogP contribution >= 0.6 is 11.3 Å². The van der Waals surface area contributed by atoms with Gasteiger partial charge in [-0.15, -0.1) is 11.3 Å². The van der Waals surface area contributed by atoms with Gasteiger partial charge in [-0.25, -0.2) is 14.3 Å². The Balaban J connectivity index is 2.55. The number of fused-ring (bicyclic) bond motifs is 1. The zero-order valence-electron chi connectivity index (χ0n) is 12.1. The van der Waals surface area contributed by atoms with E-state index in [4.69, 9.17) is 10.6 Å². The lowest BCUT2D eigenvalue weighted by Crippen LogP contribution is -2.40. The van der Waals surface area contributed by atoms with Gasteiger partial charge in [-0.3, -0.25) is 4.40 Å². The number of nitrogen functional groups attached to an aromatic ring is 1. The van der Waals surface area contributed by atoms with Gasteiger partial charge in [0.1, 0.15) is 0 Å². The molecule has 0 bridgehead atoms. The van der Waals surface area contributed by atoms with Crippen LogP contribution in [0.4, 0.5) is 5.82 Å². The summed E-state index contributed by atoms with van der Waals surface area (Å²) < 4.78 is 33.8. The van der Waals surface area contributed by atoms with Crippen LogP contribution in [0.25, 0.3) is 4.96 Å². The van der Waals surface area contributed by atoms with Crippen molar-refractivity contribution in [2.24, 2.45) is 5.84 Å². The molecule has 0 aliphatic heterocycles. The van der Waals surface area contributed by atoms with Crippen LogP contribution in [-0.2, 0) is 14.8 Å². The van der Waals surface area contributed by atoms with Gasteiger partial charge in [0.25, 0.3) is 10.0 Å². The fraction of sp³-hybridized carbons (Fsp3) is 0.545. The number of hydrazine groups is 1. The lowest BCUT2D eigenvalue weighted by atomic mass is 10.4. The summed E-state index contributed by atoms with van der Waals surface area (Å²) in [5.41, 5.74) is 2.36. The van der Waals surface area contributed by atoms with Crippen LogP contribution in [0.2, 0.25) is 0 Å². The quantitative estimate of drug-likeness (QED) is 0.572. The largest absolute Gasteiger partial charge is 0.383 e. The van der Waals surface area contributed by atoms with Crippen molar-refractivity contribution in [3.63, 3.8) is 0 Å². The molecule has 3 N–H and O–H groups in total. The Morgan fingerprint density at radius 3 is 2.86 bits per heavy atom. The number of imidazole rings is 1. The number of ether oxygens (including phenoxy) is 1. The van der Waals surface area contributed by atoms with Gasteiger partial charge in [-0.1, -0.05) is 0 Å². The topological polar surface area (TPSA) is 102 Å². The van der Waals surface area contributed by atoms with Crippen LogP contribution in [0.1, 0.15) is 13.8 Å². The molecule has 0 atom stereocenters. The van der Waals surface area contributed by atoms with Crippen LogP contribution in [0.5, 0.6) is 0 Å². The zero-order valence-corrected chi connectivity index (χ0v) is 13.7. The summed E-state index contributed by atoms with van der Waals surface area (Å²) >= 11 is 1.34. The van der Waals surface area contributed by atoms with Crippen molar-refractivity contribution in [2.45, 2.75) is 24.9 Å². The van der Waals surface area contributed by atoms with E-state index >= 15 is 0 Å². The van der Waals surface area contributed by atoms with Crippen LogP contribution < -0.4 is 11.3 Å². The lowest BCUT2D eigenvalue weighted by molar-refractivity contribution is 0.170. The molecule has 2 rings (SSSR count). The Hall–Kier alpha value is -1.20. The first-order valence-corrected chi connectivity index (χ1v) is 8.68. The van der Waals surface area contributed by atoms with E-state index in [-0.39, 0.29) is 23.4 Å². The number of anilines is 1. The Labute approximate surface area is 127 Å². The number of hydrogen-bond acceptors (Lipinski definition) is 7. The maximum absolute atomic E-state index is 13.0. The van der Waals surface area contributed by atoms with E-state index in [0.717, 1.165) is 0 Å². The van der Waals surface area contributed by atoms with Crippen molar-refractivity contribution >= 4 is 32.1 Å². The van der Waals surface area contributed by atoms with Crippen molar-refractivity contribution in [1.29, 1.82) is 0 Å². The second-order valence-corrected chi connectivity index (χ2v) is 7.35. The SMILES string of the molecule is COCCN(C(C)C)S(=O)(=O)c1c(NN)nc2sccn12. The van der Waals surface area contributed by atoms with Crippen molar-refractivity contribution in [2.75, 3.05) is 25.7 Å². The Bertz CT molecular complexity index is 707. The molecule has 0 amide bonds. The third-order valence-electron chi connectivity index (χ3n) is 3.00. The number of rotatable bonds is 7. The van der Waals surface area contributed by atoms with Crippen LogP contribution in [0, 0.1) is 0 Å². The summed E-state index contributed by atoms with van der Waals surface area (Å²) in [6, 6.07) is -0.208. The second-order valence-electron chi connectivity index (χ2n) is 4.67. The molecule has 0 aliphatic carbocycles. The third kappa shape index (κ3) is 2.90. The monoisotopic (exact) mass is 333 g/mol. The molecule has 0 radical (unpaired) electrons. The van der Waals surface area contributed by atoms with Gasteiger partial charge in [0.2, 0.25) is 5.03 Å². The van der Waals surface area contributed by atoms with Gasteiger partial charge in [-0.05, 0) is 13.8 Å². The first kappa shape index (κ1) is 16.2. The standard InChI is InChI=1S/C11H19N5O3S2/c1-8(2)16(4-6-19-3)21(17,18)10-9(14-12)13-11-15(10)5-7-20-11/h5,7-8,14H,4,6,12H2,1-3H3. The van der Waals surface area contributed by atoms with E-state index < -0.39 is 10.0 Å². The molecule has 2 heterocycles. The fourth-order valence-corrected chi connectivity index (χ4v) is 4.66. The minimum Gasteiger partial charge on any atom is -0.383 e. The molecule has 0 unspecified atom stereocenters. The molecule has 0 spiro atoms. The molecule has 0 fully saturated rings. The van der Waals surface area contributed by atoms with Gasteiger partial charge in [0.05, 0.1) is 6.61 Å². The highest BCUT2D eigenvalue weighted by molar-refractivity contribution is 7.89. The number of nitrogens with one attached hydrogen (secondary N) is 1.